The lowest BCUT2D eigenvalue weighted by atomic mass is 10.3. The van der Waals surface area contributed by atoms with Gasteiger partial charge in [-0.25, -0.2) is 0 Å². The Morgan fingerprint density at radius 3 is 2.22 bits per heavy atom. The van der Waals surface area contributed by atoms with E-state index in [9.17, 15) is 4.79 Å². The fourth-order valence-corrected chi connectivity index (χ4v) is 2.50. The first-order valence-electron chi connectivity index (χ1n) is 6.43. The van der Waals surface area contributed by atoms with Gasteiger partial charge in [0.05, 0.1) is 5.75 Å². The lowest BCUT2D eigenvalue weighted by molar-refractivity contribution is -0.128. The number of hydrogen-bond donors (Lipinski definition) is 1. The molecule has 0 aliphatic carbocycles. The number of benzene rings is 1. The van der Waals surface area contributed by atoms with Gasteiger partial charge in [0.2, 0.25) is 5.91 Å². The summed E-state index contributed by atoms with van der Waals surface area (Å²) in [5.41, 5.74) is 6.38. The van der Waals surface area contributed by atoms with Gasteiger partial charge >= 0.3 is 0 Å². The minimum Gasteiger partial charge on any atom is -0.399 e. The molecule has 100 valence electrons. The molecule has 0 aromatic heterocycles. The molecule has 0 saturated heterocycles. The number of rotatable bonds is 7. The Balaban J connectivity index is 2.45. The number of hydrogen-bond acceptors (Lipinski definition) is 3. The highest BCUT2D eigenvalue weighted by Crippen LogP contribution is 2.19. The van der Waals surface area contributed by atoms with Crippen molar-refractivity contribution in [2.24, 2.45) is 0 Å². The molecular formula is C14H22N2OS. The molecule has 0 atom stereocenters. The van der Waals surface area contributed by atoms with Gasteiger partial charge in [0.1, 0.15) is 0 Å². The van der Waals surface area contributed by atoms with Crippen LogP contribution in [0.25, 0.3) is 0 Å². The first-order chi connectivity index (χ1) is 8.67. The Morgan fingerprint density at radius 2 is 1.72 bits per heavy atom. The van der Waals surface area contributed by atoms with Gasteiger partial charge in [-0.15, -0.1) is 11.8 Å². The Hall–Kier alpha value is -1.16. The van der Waals surface area contributed by atoms with E-state index in [2.05, 4.69) is 13.8 Å². The van der Waals surface area contributed by atoms with Gasteiger partial charge in [0.15, 0.2) is 0 Å². The number of amides is 1. The molecule has 2 N–H and O–H groups in total. The predicted molar refractivity (Wildman–Crippen MR) is 78.7 cm³/mol. The average Bonchev–Trinajstić information content (AvgIpc) is 2.37. The molecule has 1 aromatic carbocycles. The highest BCUT2D eigenvalue weighted by Gasteiger charge is 2.11. The van der Waals surface area contributed by atoms with Crippen LogP contribution in [-0.4, -0.2) is 29.6 Å². The van der Waals surface area contributed by atoms with Crippen LogP contribution in [-0.2, 0) is 4.79 Å². The van der Waals surface area contributed by atoms with Gasteiger partial charge in [-0.1, -0.05) is 13.8 Å². The van der Waals surface area contributed by atoms with E-state index in [4.69, 9.17) is 5.73 Å². The van der Waals surface area contributed by atoms with Crippen LogP contribution < -0.4 is 5.73 Å². The number of thioether (sulfide) groups is 1. The molecule has 1 rings (SSSR count). The zero-order valence-corrected chi connectivity index (χ0v) is 12.0. The molecule has 0 saturated carbocycles. The van der Waals surface area contributed by atoms with E-state index in [0.29, 0.717) is 5.75 Å². The number of nitrogens with zero attached hydrogens (tertiary/aromatic N) is 1. The molecule has 0 spiro atoms. The van der Waals surface area contributed by atoms with E-state index in [1.54, 1.807) is 11.8 Å². The van der Waals surface area contributed by atoms with Gasteiger partial charge < -0.3 is 10.6 Å². The van der Waals surface area contributed by atoms with Crippen molar-refractivity contribution >= 4 is 23.4 Å². The zero-order valence-electron chi connectivity index (χ0n) is 11.2. The lowest BCUT2D eigenvalue weighted by Gasteiger charge is -2.21. The minimum absolute atomic E-state index is 0.223. The number of carbonyl (C=O) groups is 1. The maximum absolute atomic E-state index is 12.0. The van der Waals surface area contributed by atoms with Crippen molar-refractivity contribution in [3.05, 3.63) is 24.3 Å². The highest BCUT2D eigenvalue weighted by atomic mass is 32.2. The van der Waals surface area contributed by atoms with Crippen LogP contribution in [0.3, 0.4) is 0 Å². The molecule has 1 amide bonds. The van der Waals surface area contributed by atoms with E-state index < -0.39 is 0 Å². The molecule has 0 aliphatic rings. The van der Waals surface area contributed by atoms with Crippen molar-refractivity contribution < 1.29 is 4.79 Å². The first-order valence-corrected chi connectivity index (χ1v) is 7.42. The van der Waals surface area contributed by atoms with Crippen molar-refractivity contribution in [2.45, 2.75) is 31.6 Å². The smallest absolute Gasteiger partial charge is 0.232 e. The summed E-state index contributed by atoms with van der Waals surface area (Å²) in [6, 6.07) is 7.64. The molecule has 0 fully saturated rings. The van der Waals surface area contributed by atoms with Crippen molar-refractivity contribution in [1.29, 1.82) is 0 Å². The van der Waals surface area contributed by atoms with Crippen LogP contribution in [0.1, 0.15) is 26.7 Å². The van der Waals surface area contributed by atoms with Crippen molar-refractivity contribution in [3.63, 3.8) is 0 Å². The molecule has 4 heteroatoms. The summed E-state index contributed by atoms with van der Waals surface area (Å²) in [6.07, 6.45) is 2.02. The van der Waals surface area contributed by atoms with Crippen LogP contribution in [0.4, 0.5) is 5.69 Å². The second kappa shape index (κ2) is 8.03. The highest BCUT2D eigenvalue weighted by molar-refractivity contribution is 8.00. The summed E-state index contributed by atoms with van der Waals surface area (Å²) < 4.78 is 0. The number of nitrogen functional groups attached to an aromatic ring is 1. The summed E-state index contributed by atoms with van der Waals surface area (Å²) in [6.45, 7) is 5.91. The molecule has 18 heavy (non-hydrogen) atoms. The third-order valence-electron chi connectivity index (χ3n) is 2.58. The molecule has 0 aliphatic heterocycles. The van der Waals surface area contributed by atoms with Crippen LogP contribution >= 0.6 is 11.8 Å². The Bertz CT molecular complexity index is 359. The van der Waals surface area contributed by atoms with Gasteiger partial charge in [0, 0.05) is 23.7 Å². The van der Waals surface area contributed by atoms with Gasteiger partial charge in [-0.3, -0.25) is 4.79 Å². The predicted octanol–water partition coefficient (Wildman–Crippen LogP) is 3.01. The fourth-order valence-electron chi connectivity index (χ4n) is 1.70. The molecule has 0 heterocycles. The van der Waals surface area contributed by atoms with Crippen LogP contribution in [0.5, 0.6) is 0 Å². The van der Waals surface area contributed by atoms with Gasteiger partial charge in [-0.05, 0) is 37.1 Å². The second-order valence-corrected chi connectivity index (χ2v) is 5.29. The summed E-state index contributed by atoms with van der Waals surface area (Å²) in [5.74, 6) is 0.727. The summed E-state index contributed by atoms with van der Waals surface area (Å²) >= 11 is 1.57. The van der Waals surface area contributed by atoms with Crippen LogP contribution in [0, 0.1) is 0 Å². The van der Waals surface area contributed by atoms with Gasteiger partial charge in [-0.2, -0.15) is 0 Å². The zero-order chi connectivity index (χ0) is 13.4. The van der Waals surface area contributed by atoms with Crippen molar-refractivity contribution in [1.82, 2.24) is 4.90 Å². The quantitative estimate of drug-likeness (QED) is 0.609. The normalized spacial score (nSPS) is 10.3. The van der Waals surface area contributed by atoms with E-state index >= 15 is 0 Å². The van der Waals surface area contributed by atoms with E-state index in [0.717, 1.165) is 36.5 Å². The maximum atomic E-state index is 12.0. The average molecular weight is 266 g/mol. The van der Waals surface area contributed by atoms with E-state index in [-0.39, 0.29) is 5.91 Å². The van der Waals surface area contributed by atoms with Crippen LogP contribution in [0.2, 0.25) is 0 Å². The fraction of sp³-hybridized carbons (Fsp3) is 0.500. The third-order valence-corrected chi connectivity index (χ3v) is 3.58. The number of anilines is 1. The summed E-state index contributed by atoms with van der Waals surface area (Å²) in [7, 11) is 0. The van der Waals surface area contributed by atoms with Gasteiger partial charge in [0.25, 0.3) is 0 Å². The third kappa shape index (κ3) is 5.00. The summed E-state index contributed by atoms with van der Waals surface area (Å²) in [5, 5.41) is 0. The molecule has 0 unspecified atom stereocenters. The SMILES string of the molecule is CCCN(CCC)C(=O)CSc1ccc(N)cc1. The van der Waals surface area contributed by atoms with Crippen LogP contribution in [0.15, 0.2) is 29.2 Å². The Labute approximate surface area is 114 Å². The Morgan fingerprint density at radius 1 is 1.17 bits per heavy atom. The minimum atomic E-state index is 0.223. The standard InChI is InChI=1S/C14H22N2OS/c1-3-9-16(10-4-2)14(17)11-18-13-7-5-12(15)6-8-13/h5-8H,3-4,9-11,15H2,1-2H3. The number of carbonyl (C=O) groups excluding carboxylic acids is 1. The molecular weight excluding hydrogens is 244 g/mol. The molecule has 3 nitrogen and oxygen atoms in total. The summed E-state index contributed by atoms with van der Waals surface area (Å²) in [4.78, 5) is 15.1. The Kier molecular flexibility index (Phi) is 6.65. The largest absolute Gasteiger partial charge is 0.399 e. The van der Waals surface area contributed by atoms with Crippen molar-refractivity contribution in [3.8, 4) is 0 Å². The lowest BCUT2D eigenvalue weighted by Crippen LogP contribution is -2.33. The number of nitrogens with two attached hydrogens (primary N) is 1. The molecule has 0 radical (unpaired) electrons. The van der Waals surface area contributed by atoms with E-state index in [1.165, 1.54) is 0 Å². The topological polar surface area (TPSA) is 46.3 Å². The molecule has 1 aromatic rings. The van der Waals surface area contributed by atoms with E-state index in [1.807, 2.05) is 29.2 Å². The second-order valence-electron chi connectivity index (χ2n) is 4.24. The maximum Gasteiger partial charge on any atom is 0.232 e. The molecule has 0 bridgehead atoms. The van der Waals surface area contributed by atoms with Crippen molar-refractivity contribution in [2.75, 3.05) is 24.6 Å². The first kappa shape index (κ1) is 14.9. The monoisotopic (exact) mass is 266 g/mol.